The van der Waals surface area contributed by atoms with E-state index in [1.807, 2.05) is 19.9 Å². The van der Waals surface area contributed by atoms with Crippen molar-refractivity contribution < 1.29 is 14.0 Å². The zero-order chi connectivity index (χ0) is 17.7. The van der Waals surface area contributed by atoms with Gasteiger partial charge in [0.15, 0.2) is 12.1 Å². The van der Waals surface area contributed by atoms with Crippen LogP contribution in [0.3, 0.4) is 0 Å². The number of rotatable bonds is 2. The zero-order valence-electron chi connectivity index (χ0n) is 13.7. The van der Waals surface area contributed by atoms with Crippen LogP contribution in [0.15, 0.2) is 52.8 Å². The molecule has 6 nitrogen and oxygen atoms in total. The molecule has 0 N–H and O–H groups in total. The van der Waals surface area contributed by atoms with Gasteiger partial charge < -0.3 is 0 Å². The Labute approximate surface area is 143 Å². The minimum absolute atomic E-state index is 0.380. The number of carbonyl (C=O) groups excluding carboxylic acids is 2. The second kappa shape index (κ2) is 5.47. The van der Waals surface area contributed by atoms with Crippen LogP contribution in [0.4, 0.5) is 15.8 Å². The highest BCUT2D eigenvalue weighted by Gasteiger charge is 2.55. The molecule has 1 fully saturated rings. The number of hydrogen-bond donors (Lipinski definition) is 0. The van der Waals surface area contributed by atoms with Crippen LogP contribution in [0, 0.1) is 19.7 Å². The number of nitrogens with zero attached hydrogens (tertiary/aromatic N) is 4. The lowest BCUT2D eigenvalue weighted by atomic mass is 10.1. The number of hydrogen-bond acceptors (Lipinski definition) is 5. The summed E-state index contributed by atoms with van der Waals surface area (Å²) in [6, 6.07) is 9.42. The number of anilines is 2. The summed E-state index contributed by atoms with van der Waals surface area (Å²) in [6.07, 6.45) is 0. The van der Waals surface area contributed by atoms with E-state index >= 15 is 0 Å². The lowest BCUT2D eigenvalue weighted by Crippen LogP contribution is -2.39. The van der Waals surface area contributed by atoms with Crippen LogP contribution < -0.4 is 9.91 Å². The largest absolute Gasteiger partial charge is 0.271 e. The van der Waals surface area contributed by atoms with Crippen molar-refractivity contribution in [3.8, 4) is 0 Å². The topological polar surface area (TPSA) is 65.3 Å². The molecular weight excluding hydrogens is 323 g/mol. The average molecular weight is 338 g/mol. The van der Waals surface area contributed by atoms with Gasteiger partial charge in [-0.25, -0.2) is 14.3 Å². The van der Waals surface area contributed by atoms with Crippen LogP contribution in [0.1, 0.15) is 11.1 Å². The molecule has 2 aliphatic rings. The molecule has 1 saturated heterocycles. The standard InChI is InChI=1S/C18H15FN4O2/c1-10-7-11(2)9-14(8-10)22-17(24)15-16(18(22)25)23(21-20-15)13-5-3-12(19)4-6-13/h3-9,15-16H,1-2H3. The van der Waals surface area contributed by atoms with Gasteiger partial charge in [-0.3, -0.25) is 9.59 Å². The number of benzene rings is 2. The van der Waals surface area contributed by atoms with E-state index in [0.29, 0.717) is 11.4 Å². The maximum absolute atomic E-state index is 13.1. The van der Waals surface area contributed by atoms with E-state index in [4.69, 9.17) is 0 Å². The van der Waals surface area contributed by atoms with Gasteiger partial charge >= 0.3 is 0 Å². The molecule has 2 unspecified atom stereocenters. The highest BCUT2D eigenvalue weighted by molar-refractivity contribution is 6.26. The predicted octanol–water partition coefficient (Wildman–Crippen LogP) is 2.94. The second-order valence-corrected chi connectivity index (χ2v) is 6.27. The molecular formula is C18H15FN4O2. The van der Waals surface area contributed by atoms with E-state index in [2.05, 4.69) is 10.3 Å². The van der Waals surface area contributed by atoms with Gasteiger partial charge in [0, 0.05) is 0 Å². The third-order valence-corrected chi connectivity index (χ3v) is 4.34. The molecule has 25 heavy (non-hydrogen) atoms. The summed E-state index contributed by atoms with van der Waals surface area (Å²) >= 11 is 0. The van der Waals surface area contributed by atoms with Crippen LogP contribution in [0.5, 0.6) is 0 Å². The summed E-state index contributed by atoms with van der Waals surface area (Å²) in [6.45, 7) is 3.82. The lowest BCUT2D eigenvalue weighted by Gasteiger charge is -2.21. The Balaban J connectivity index is 1.71. The van der Waals surface area contributed by atoms with Gasteiger partial charge in [0.05, 0.1) is 11.4 Å². The number of carbonyl (C=O) groups is 2. The Morgan fingerprint density at radius 3 is 2.20 bits per heavy atom. The highest BCUT2D eigenvalue weighted by atomic mass is 19.1. The van der Waals surface area contributed by atoms with Gasteiger partial charge in [-0.1, -0.05) is 11.3 Å². The van der Waals surface area contributed by atoms with Crippen molar-refractivity contribution in [1.29, 1.82) is 0 Å². The van der Waals surface area contributed by atoms with E-state index in [0.717, 1.165) is 11.1 Å². The van der Waals surface area contributed by atoms with Crippen molar-refractivity contribution in [3.63, 3.8) is 0 Å². The molecule has 0 spiro atoms. The number of aryl methyl sites for hydroxylation is 2. The Morgan fingerprint density at radius 2 is 1.56 bits per heavy atom. The van der Waals surface area contributed by atoms with Crippen LogP contribution >= 0.6 is 0 Å². The monoisotopic (exact) mass is 338 g/mol. The lowest BCUT2D eigenvalue weighted by molar-refractivity contribution is -0.121. The fourth-order valence-corrected chi connectivity index (χ4v) is 3.30. The van der Waals surface area contributed by atoms with Crippen molar-refractivity contribution in [3.05, 3.63) is 59.4 Å². The molecule has 2 atom stereocenters. The smallest absolute Gasteiger partial charge is 0.263 e. The normalized spacial score (nSPS) is 22.0. The van der Waals surface area contributed by atoms with Crippen molar-refractivity contribution in [2.45, 2.75) is 25.9 Å². The Hall–Kier alpha value is -3.09. The van der Waals surface area contributed by atoms with E-state index in [9.17, 15) is 14.0 Å². The van der Waals surface area contributed by atoms with Crippen molar-refractivity contribution >= 4 is 23.2 Å². The number of amides is 2. The van der Waals surface area contributed by atoms with Gasteiger partial charge in [-0.05, 0) is 61.4 Å². The fourth-order valence-electron chi connectivity index (χ4n) is 3.30. The predicted molar refractivity (Wildman–Crippen MR) is 89.7 cm³/mol. The number of fused-ring (bicyclic) bond motifs is 1. The average Bonchev–Trinajstić information content (AvgIpc) is 3.08. The maximum atomic E-state index is 13.1. The summed E-state index contributed by atoms with van der Waals surface area (Å²) in [4.78, 5) is 26.8. The molecule has 126 valence electrons. The minimum Gasteiger partial charge on any atom is -0.271 e. The first-order valence-electron chi connectivity index (χ1n) is 7.87. The molecule has 0 aliphatic carbocycles. The third-order valence-electron chi connectivity index (χ3n) is 4.34. The van der Waals surface area contributed by atoms with Crippen LogP contribution in [0.25, 0.3) is 0 Å². The maximum Gasteiger partial charge on any atom is 0.263 e. The van der Waals surface area contributed by atoms with Gasteiger partial charge in [-0.15, -0.1) is 0 Å². The second-order valence-electron chi connectivity index (χ2n) is 6.27. The molecule has 7 heteroatoms. The molecule has 2 amide bonds. The van der Waals surface area contributed by atoms with Crippen molar-refractivity contribution in [2.75, 3.05) is 9.91 Å². The van der Waals surface area contributed by atoms with Crippen LogP contribution in [-0.2, 0) is 9.59 Å². The van der Waals surface area contributed by atoms with Crippen molar-refractivity contribution in [1.82, 2.24) is 0 Å². The van der Waals surface area contributed by atoms with Gasteiger partial charge in [-0.2, -0.15) is 5.11 Å². The molecule has 2 aromatic rings. The quantitative estimate of drug-likeness (QED) is 0.791. The molecule has 0 radical (unpaired) electrons. The Morgan fingerprint density at radius 1 is 0.920 bits per heavy atom. The SMILES string of the molecule is Cc1cc(C)cc(N2C(=O)C3N=NN(c4ccc(F)cc4)C3C2=O)c1. The first kappa shape index (κ1) is 15.4. The Kier molecular flexibility index (Phi) is 3.38. The highest BCUT2D eigenvalue weighted by Crippen LogP contribution is 2.35. The number of halogens is 1. The van der Waals surface area contributed by atoms with Crippen LogP contribution in [0.2, 0.25) is 0 Å². The van der Waals surface area contributed by atoms with E-state index in [-0.39, 0.29) is 11.7 Å². The first-order chi connectivity index (χ1) is 12.0. The van der Waals surface area contributed by atoms with E-state index in [1.54, 1.807) is 12.1 Å². The van der Waals surface area contributed by atoms with Gasteiger partial charge in [0.1, 0.15) is 5.82 Å². The molecule has 2 heterocycles. The fraction of sp³-hybridized carbons (Fsp3) is 0.222. The molecule has 4 rings (SSSR count). The third kappa shape index (κ3) is 2.39. The van der Waals surface area contributed by atoms with Crippen LogP contribution in [-0.4, -0.2) is 23.9 Å². The molecule has 0 saturated carbocycles. The number of imide groups is 1. The van der Waals surface area contributed by atoms with Gasteiger partial charge in [0.2, 0.25) is 0 Å². The molecule has 0 bridgehead atoms. The first-order valence-corrected chi connectivity index (χ1v) is 7.87. The van der Waals surface area contributed by atoms with Gasteiger partial charge in [0.25, 0.3) is 11.8 Å². The summed E-state index contributed by atoms with van der Waals surface area (Å²) in [5.74, 6) is -1.16. The molecule has 2 aliphatic heterocycles. The van der Waals surface area contributed by atoms with E-state index < -0.39 is 18.0 Å². The Bertz CT molecular complexity index is 890. The summed E-state index contributed by atoms with van der Waals surface area (Å²) in [5, 5.41) is 9.31. The summed E-state index contributed by atoms with van der Waals surface area (Å²) < 4.78 is 13.1. The summed E-state index contributed by atoms with van der Waals surface area (Å²) in [7, 11) is 0. The minimum atomic E-state index is -0.877. The van der Waals surface area contributed by atoms with Crippen molar-refractivity contribution in [2.24, 2.45) is 10.3 Å². The molecule has 0 aromatic heterocycles. The summed E-state index contributed by atoms with van der Waals surface area (Å²) in [5.41, 5.74) is 2.98. The zero-order valence-corrected chi connectivity index (χ0v) is 13.7. The molecule has 2 aromatic carbocycles. The van der Waals surface area contributed by atoms with E-state index in [1.165, 1.54) is 34.2 Å².